The molecule has 0 spiro atoms. The fourth-order valence-corrected chi connectivity index (χ4v) is 2.57. The van der Waals surface area contributed by atoms with E-state index in [0.29, 0.717) is 12.5 Å². The molecule has 1 aliphatic rings. The minimum atomic E-state index is -0.127. The zero-order valence-corrected chi connectivity index (χ0v) is 13.6. The predicted molar refractivity (Wildman–Crippen MR) is 82.3 cm³/mol. The van der Waals surface area contributed by atoms with Crippen LogP contribution >= 0.6 is 0 Å². The van der Waals surface area contributed by atoms with Gasteiger partial charge in [-0.3, -0.25) is 9.89 Å². The van der Waals surface area contributed by atoms with Gasteiger partial charge < -0.3 is 10.2 Å². The number of rotatable bonds is 4. The maximum atomic E-state index is 12.6. The van der Waals surface area contributed by atoms with Gasteiger partial charge in [-0.25, -0.2) is 4.98 Å². The van der Waals surface area contributed by atoms with Crippen LogP contribution in [0.3, 0.4) is 0 Å². The monoisotopic (exact) mass is 293 g/mol. The van der Waals surface area contributed by atoms with Crippen LogP contribution in [-0.4, -0.2) is 52.2 Å². The largest absolute Gasteiger partial charge is 0.336 e. The maximum absolute atomic E-state index is 12.6. The van der Waals surface area contributed by atoms with Crippen molar-refractivity contribution in [2.75, 3.05) is 26.2 Å². The number of carbonyl (C=O) groups is 1. The van der Waals surface area contributed by atoms with E-state index in [9.17, 15) is 4.79 Å². The summed E-state index contributed by atoms with van der Waals surface area (Å²) in [6, 6.07) is 0. The second-order valence-electron chi connectivity index (χ2n) is 6.79. The number of piperidine rings is 1. The van der Waals surface area contributed by atoms with E-state index in [1.54, 1.807) is 0 Å². The van der Waals surface area contributed by atoms with Crippen molar-refractivity contribution >= 4 is 5.91 Å². The lowest BCUT2D eigenvalue weighted by Gasteiger charge is -2.28. The molecule has 118 valence electrons. The van der Waals surface area contributed by atoms with Crippen molar-refractivity contribution in [2.24, 2.45) is 5.92 Å². The molecule has 0 bridgehead atoms. The van der Waals surface area contributed by atoms with Gasteiger partial charge in [-0.1, -0.05) is 20.8 Å². The van der Waals surface area contributed by atoms with Crippen molar-refractivity contribution < 1.29 is 4.79 Å². The van der Waals surface area contributed by atoms with Gasteiger partial charge in [-0.2, -0.15) is 0 Å². The number of hydrogen-bond acceptors (Lipinski definition) is 4. The molecule has 2 N–H and O–H groups in total. The third-order valence-corrected chi connectivity index (χ3v) is 3.99. The summed E-state index contributed by atoms with van der Waals surface area (Å²) < 4.78 is 0. The minimum Gasteiger partial charge on any atom is -0.336 e. The smallest absolute Gasteiger partial charge is 0.293 e. The van der Waals surface area contributed by atoms with Crippen molar-refractivity contribution in [1.82, 2.24) is 25.4 Å². The van der Waals surface area contributed by atoms with Crippen molar-refractivity contribution in [3.63, 3.8) is 0 Å². The molecule has 1 aliphatic heterocycles. The SMILES string of the molecule is CCN(CC1CCNCC1)C(=O)c1n[nH]c(C(C)(C)C)n1. The Morgan fingerprint density at radius 2 is 2.00 bits per heavy atom. The van der Waals surface area contributed by atoms with Gasteiger partial charge in [0.25, 0.3) is 5.91 Å². The zero-order valence-electron chi connectivity index (χ0n) is 13.6. The Morgan fingerprint density at radius 1 is 1.33 bits per heavy atom. The van der Waals surface area contributed by atoms with Crippen LogP contribution < -0.4 is 5.32 Å². The van der Waals surface area contributed by atoms with Gasteiger partial charge >= 0.3 is 0 Å². The topological polar surface area (TPSA) is 73.9 Å². The quantitative estimate of drug-likeness (QED) is 0.883. The third-order valence-electron chi connectivity index (χ3n) is 3.99. The van der Waals surface area contributed by atoms with Crippen LogP contribution in [-0.2, 0) is 5.41 Å². The number of carbonyl (C=O) groups excluding carboxylic acids is 1. The van der Waals surface area contributed by atoms with Crippen molar-refractivity contribution in [3.8, 4) is 0 Å². The van der Waals surface area contributed by atoms with E-state index in [1.807, 2.05) is 32.6 Å². The van der Waals surface area contributed by atoms with Gasteiger partial charge in [-0.15, -0.1) is 5.10 Å². The molecule has 0 unspecified atom stereocenters. The summed E-state index contributed by atoms with van der Waals surface area (Å²) in [6.07, 6.45) is 2.26. The lowest BCUT2D eigenvalue weighted by atomic mass is 9.96. The van der Waals surface area contributed by atoms with E-state index >= 15 is 0 Å². The lowest BCUT2D eigenvalue weighted by Crippen LogP contribution is -2.39. The van der Waals surface area contributed by atoms with Gasteiger partial charge in [0.2, 0.25) is 5.82 Å². The van der Waals surface area contributed by atoms with Gasteiger partial charge in [-0.05, 0) is 38.8 Å². The van der Waals surface area contributed by atoms with Crippen molar-refractivity contribution in [3.05, 3.63) is 11.6 Å². The molecular weight excluding hydrogens is 266 g/mol. The highest BCUT2D eigenvalue weighted by Crippen LogP contribution is 2.18. The van der Waals surface area contributed by atoms with E-state index in [-0.39, 0.29) is 17.1 Å². The fraction of sp³-hybridized carbons (Fsp3) is 0.800. The normalized spacial score (nSPS) is 17.0. The molecular formula is C15H27N5O. The number of nitrogens with zero attached hydrogens (tertiary/aromatic N) is 3. The van der Waals surface area contributed by atoms with Crippen LogP contribution in [0.15, 0.2) is 0 Å². The lowest BCUT2D eigenvalue weighted by molar-refractivity contribution is 0.0715. The van der Waals surface area contributed by atoms with Gasteiger partial charge in [0.1, 0.15) is 5.82 Å². The molecule has 1 saturated heterocycles. The molecule has 0 atom stereocenters. The molecule has 6 nitrogen and oxygen atoms in total. The van der Waals surface area contributed by atoms with Crippen LogP contribution in [0.4, 0.5) is 0 Å². The molecule has 1 aromatic rings. The Balaban J connectivity index is 2.03. The highest BCUT2D eigenvalue weighted by atomic mass is 16.2. The highest BCUT2D eigenvalue weighted by molar-refractivity contribution is 5.90. The van der Waals surface area contributed by atoms with Crippen LogP contribution in [0.2, 0.25) is 0 Å². The Morgan fingerprint density at radius 3 is 2.52 bits per heavy atom. The first-order valence-corrected chi connectivity index (χ1v) is 7.84. The third kappa shape index (κ3) is 4.03. The van der Waals surface area contributed by atoms with Crippen LogP contribution in [0.5, 0.6) is 0 Å². The second kappa shape index (κ2) is 6.56. The van der Waals surface area contributed by atoms with E-state index in [4.69, 9.17) is 0 Å². The fourth-order valence-electron chi connectivity index (χ4n) is 2.57. The average molecular weight is 293 g/mol. The van der Waals surface area contributed by atoms with Crippen molar-refractivity contribution in [2.45, 2.75) is 46.0 Å². The molecule has 0 radical (unpaired) electrons. The molecule has 0 aromatic carbocycles. The summed E-state index contributed by atoms with van der Waals surface area (Å²) in [4.78, 5) is 18.8. The molecule has 2 heterocycles. The van der Waals surface area contributed by atoms with E-state index in [2.05, 4.69) is 20.5 Å². The molecule has 0 aliphatic carbocycles. The molecule has 6 heteroatoms. The first-order chi connectivity index (χ1) is 9.91. The Kier molecular flexibility index (Phi) is 4.98. The number of hydrogen-bond donors (Lipinski definition) is 2. The predicted octanol–water partition coefficient (Wildman–Crippen LogP) is 1.56. The highest BCUT2D eigenvalue weighted by Gasteiger charge is 2.25. The van der Waals surface area contributed by atoms with Crippen LogP contribution in [0.25, 0.3) is 0 Å². The Labute approximate surface area is 126 Å². The standard InChI is InChI=1S/C15H27N5O/c1-5-20(10-11-6-8-16-9-7-11)13(21)12-17-14(19-18-12)15(2,3)4/h11,16H,5-10H2,1-4H3,(H,17,18,19). The maximum Gasteiger partial charge on any atom is 0.293 e. The van der Waals surface area contributed by atoms with Gasteiger partial charge in [0, 0.05) is 18.5 Å². The summed E-state index contributed by atoms with van der Waals surface area (Å²) in [5.74, 6) is 1.55. The second-order valence-corrected chi connectivity index (χ2v) is 6.79. The Bertz CT molecular complexity index is 471. The number of aromatic nitrogens is 3. The minimum absolute atomic E-state index is 0.0669. The molecule has 1 amide bonds. The summed E-state index contributed by atoms with van der Waals surface area (Å²) in [6.45, 7) is 11.8. The molecule has 21 heavy (non-hydrogen) atoms. The number of aromatic amines is 1. The van der Waals surface area contributed by atoms with Gasteiger partial charge in [0.05, 0.1) is 0 Å². The summed E-state index contributed by atoms with van der Waals surface area (Å²) >= 11 is 0. The van der Waals surface area contributed by atoms with E-state index < -0.39 is 0 Å². The Hall–Kier alpha value is -1.43. The average Bonchev–Trinajstić information content (AvgIpc) is 2.95. The number of nitrogens with one attached hydrogen (secondary N) is 2. The molecule has 0 saturated carbocycles. The number of H-pyrrole nitrogens is 1. The summed E-state index contributed by atoms with van der Waals surface area (Å²) in [7, 11) is 0. The molecule has 2 rings (SSSR count). The summed E-state index contributed by atoms with van der Waals surface area (Å²) in [5, 5.41) is 10.3. The summed E-state index contributed by atoms with van der Waals surface area (Å²) in [5.41, 5.74) is -0.127. The van der Waals surface area contributed by atoms with Gasteiger partial charge in [0.15, 0.2) is 0 Å². The zero-order chi connectivity index (χ0) is 15.5. The molecule has 1 fully saturated rings. The van der Waals surface area contributed by atoms with E-state index in [1.165, 1.54) is 0 Å². The molecule has 1 aromatic heterocycles. The van der Waals surface area contributed by atoms with Crippen LogP contribution in [0, 0.1) is 5.92 Å². The van der Waals surface area contributed by atoms with E-state index in [0.717, 1.165) is 38.3 Å². The van der Waals surface area contributed by atoms with Crippen LogP contribution in [0.1, 0.15) is 57.0 Å². The van der Waals surface area contributed by atoms with Crippen molar-refractivity contribution in [1.29, 1.82) is 0 Å². The number of amides is 1. The first kappa shape index (κ1) is 15.9. The first-order valence-electron chi connectivity index (χ1n) is 7.84.